The number of carbonyl (C=O) groups excluding carboxylic acids is 2. The number of amides is 2. The third-order valence-corrected chi connectivity index (χ3v) is 9.77. The van der Waals surface area contributed by atoms with Crippen molar-refractivity contribution in [1.29, 1.82) is 0 Å². The maximum absolute atomic E-state index is 14.7. The van der Waals surface area contributed by atoms with Crippen LogP contribution < -0.4 is 24.6 Å². The van der Waals surface area contributed by atoms with Crippen LogP contribution in [0.15, 0.2) is 48.7 Å². The number of hydrogen-bond acceptors (Lipinski definition) is 8. The van der Waals surface area contributed by atoms with Crippen molar-refractivity contribution in [2.75, 3.05) is 49.7 Å². The summed E-state index contributed by atoms with van der Waals surface area (Å²) in [4.78, 5) is 52.6. The Kier molecular flexibility index (Phi) is 12.4. The Morgan fingerprint density at radius 3 is 2.32 bits per heavy atom. The molecule has 2 aliphatic rings. The van der Waals surface area contributed by atoms with E-state index in [9.17, 15) is 19.5 Å². The third kappa shape index (κ3) is 11.2. The third-order valence-electron chi connectivity index (χ3n) is 9.77. The van der Waals surface area contributed by atoms with E-state index < -0.39 is 5.97 Å². The van der Waals surface area contributed by atoms with E-state index in [0.717, 1.165) is 50.0 Å². The van der Waals surface area contributed by atoms with Gasteiger partial charge in [0.05, 0.1) is 31.4 Å². The lowest BCUT2D eigenvalue weighted by Crippen LogP contribution is -2.41. The van der Waals surface area contributed by atoms with E-state index in [4.69, 9.17) is 14.5 Å². The molecule has 1 saturated heterocycles. The summed E-state index contributed by atoms with van der Waals surface area (Å²) in [5.41, 5.74) is 3.10. The highest BCUT2D eigenvalue weighted by Gasteiger charge is 2.34. The SMILES string of the molecule is COc1ccc(C(=O)N(CC(C)(C)C)c2cc(C(=O)NCC(C)(C)C)cc(C)n2)c(N2CCC(COc3cc(C(CC(=O)O)C4CC4)ccn3)CC2)c1. The molecular weight excluding hydrogens is 670 g/mol. The fourth-order valence-corrected chi connectivity index (χ4v) is 6.85. The number of benzene rings is 1. The summed E-state index contributed by atoms with van der Waals surface area (Å²) in [5.74, 6) is 1.14. The van der Waals surface area contributed by atoms with Crippen molar-refractivity contribution in [3.63, 3.8) is 0 Å². The molecule has 1 aliphatic carbocycles. The molecule has 2 fully saturated rings. The molecule has 1 aromatic carbocycles. The molecule has 1 atom stereocenters. The molecule has 2 aromatic heterocycles. The van der Waals surface area contributed by atoms with Crippen molar-refractivity contribution < 1.29 is 29.0 Å². The fourth-order valence-electron chi connectivity index (χ4n) is 6.85. The molecule has 53 heavy (non-hydrogen) atoms. The van der Waals surface area contributed by atoms with Crippen LogP contribution in [0.2, 0.25) is 0 Å². The van der Waals surface area contributed by atoms with Crippen molar-refractivity contribution in [2.24, 2.45) is 22.7 Å². The number of nitrogens with zero attached hydrogens (tertiary/aromatic N) is 4. The second-order valence-electron chi connectivity index (χ2n) is 17.1. The molecule has 1 saturated carbocycles. The summed E-state index contributed by atoms with van der Waals surface area (Å²) >= 11 is 0. The number of carbonyl (C=O) groups is 3. The summed E-state index contributed by atoms with van der Waals surface area (Å²) in [6.07, 6.45) is 5.66. The summed E-state index contributed by atoms with van der Waals surface area (Å²) < 4.78 is 11.8. The lowest BCUT2D eigenvalue weighted by Gasteiger charge is -2.36. The lowest BCUT2D eigenvalue weighted by molar-refractivity contribution is -0.137. The number of rotatable bonds is 14. The molecule has 0 bridgehead atoms. The zero-order valence-corrected chi connectivity index (χ0v) is 32.7. The van der Waals surface area contributed by atoms with Crippen LogP contribution in [-0.2, 0) is 4.79 Å². The summed E-state index contributed by atoms with van der Waals surface area (Å²) in [6, 6.07) is 12.8. The first kappa shape index (κ1) is 39.5. The number of carboxylic acids is 1. The number of methoxy groups -OCH3 is 1. The highest BCUT2D eigenvalue weighted by Crippen LogP contribution is 2.45. The van der Waals surface area contributed by atoms with Gasteiger partial charge in [-0.2, -0.15) is 0 Å². The molecule has 286 valence electrons. The monoisotopic (exact) mass is 727 g/mol. The van der Waals surface area contributed by atoms with Gasteiger partial charge in [0.2, 0.25) is 5.88 Å². The molecule has 2 amide bonds. The Balaban J connectivity index is 1.32. The number of pyridine rings is 2. The van der Waals surface area contributed by atoms with Crippen LogP contribution in [0.3, 0.4) is 0 Å². The number of aliphatic carboxylic acids is 1. The number of aromatic nitrogens is 2. The molecule has 3 aromatic rings. The Hall–Kier alpha value is -4.67. The minimum absolute atomic E-state index is 0.0122. The molecule has 0 radical (unpaired) electrons. The fraction of sp³-hybridized carbons (Fsp3) is 0.548. The Morgan fingerprint density at radius 1 is 0.981 bits per heavy atom. The minimum atomic E-state index is -0.784. The van der Waals surface area contributed by atoms with E-state index >= 15 is 0 Å². The number of hydrogen-bond donors (Lipinski definition) is 2. The standard InChI is InChI=1S/C42H57N5O6/c1-27-19-31(39(50)44-25-41(2,3)4)20-36(45-27)47(26-42(5,6)7)40(51)33-12-11-32(52-8)22-35(33)46-17-14-28(15-18-46)24-53-37-21-30(13-16-43-37)34(23-38(48)49)29-9-10-29/h11-13,16,19-22,28-29,34H,9-10,14-15,17-18,23-26H2,1-8H3,(H,44,50)(H,48,49). The number of aryl methyl sites for hydroxylation is 1. The van der Waals surface area contributed by atoms with Crippen LogP contribution in [0, 0.1) is 29.6 Å². The van der Waals surface area contributed by atoms with E-state index in [1.807, 2.05) is 37.3 Å². The van der Waals surface area contributed by atoms with Crippen LogP contribution in [0.4, 0.5) is 11.5 Å². The second kappa shape index (κ2) is 16.6. The molecule has 0 spiro atoms. The van der Waals surface area contributed by atoms with E-state index in [1.165, 1.54) is 0 Å². The minimum Gasteiger partial charge on any atom is -0.497 e. The van der Waals surface area contributed by atoms with Crippen LogP contribution in [-0.4, -0.2) is 72.8 Å². The number of ether oxygens (including phenoxy) is 2. The van der Waals surface area contributed by atoms with Gasteiger partial charge in [-0.1, -0.05) is 41.5 Å². The average molecular weight is 728 g/mol. The van der Waals surface area contributed by atoms with Gasteiger partial charge in [0, 0.05) is 55.8 Å². The van der Waals surface area contributed by atoms with Crippen LogP contribution >= 0.6 is 0 Å². The smallest absolute Gasteiger partial charge is 0.303 e. The Labute approximate surface area is 314 Å². The largest absolute Gasteiger partial charge is 0.497 e. The van der Waals surface area contributed by atoms with Gasteiger partial charge in [-0.15, -0.1) is 0 Å². The second-order valence-corrected chi connectivity index (χ2v) is 17.1. The highest BCUT2D eigenvalue weighted by molar-refractivity contribution is 6.10. The molecule has 11 nitrogen and oxygen atoms in total. The van der Waals surface area contributed by atoms with Gasteiger partial charge in [-0.3, -0.25) is 19.3 Å². The topological polar surface area (TPSA) is 134 Å². The first-order chi connectivity index (χ1) is 25.0. The van der Waals surface area contributed by atoms with Crippen molar-refractivity contribution in [3.05, 3.63) is 71.0 Å². The first-order valence-corrected chi connectivity index (χ1v) is 18.8. The van der Waals surface area contributed by atoms with Crippen molar-refractivity contribution in [3.8, 4) is 11.6 Å². The number of piperidine rings is 1. The Morgan fingerprint density at radius 2 is 1.70 bits per heavy atom. The Bertz CT molecular complexity index is 1770. The molecule has 11 heteroatoms. The average Bonchev–Trinajstić information content (AvgIpc) is 3.95. The number of carboxylic acid groups (broad SMARTS) is 1. The van der Waals surface area contributed by atoms with Gasteiger partial charge in [0.25, 0.3) is 11.8 Å². The van der Waals surface area contributed by atoms with E-state index in [-0.39, 0.29) is 40.9 Å². The lowest BCUT2D eigenvalue weighted by atomic mass is 9.92. The summed E-state index contributed by atoms with van der Waals surface area (Å²) in [7, 11) is 1.62. The molecule has 3 heterocycles. The van der Waals surface area contributed by atoms with Crippen molar-refractivity contribution in [2.45, 2.75) is 86.5 Å². The summed E-state index contributed by atoms with van der Waals surface area (Å²) in [6.45, 7) is 17.1. The first-order valence-electron chi connectivity index (χ1n) is 18.8. The molecule has 1 unspecified atom stereocenters. The number of anilines is 2. The van der Waals surface area contributed by atoms with Crippen molar-refractivity contribution in [1.82, 2.24) is 15.3 Å². The normalized spacial score (nSPS) is 15.8. The van der Waals surface area contributed by atoms with E-state index in [2.05, 4.69) is 56.7 Å². The maximum Gasteiger partial charge on any atom is 0.303 e. The maximum atomic E-state index is 14.7. The van der Waals surface area contributed by atoms with Crippen LogP contribution in [0.1, 0.15) is 112 Å². The van der Waals surface area contributed by atoms with Crippen LogP contribution in [0.5, 0.6) is 11.6 Å². The van der Waals surface area contributed by atoms with Gasteiger partial charge in [-0.05, 0) is 97.1 Å². The zero-order chi connectivity index (χ0) is 38.5. The number of nitrogens with one attached hydrogen (secondary N) is 1. The van der Waals surface area contributed by atoms with Crippen molar-refractivity contribution >= 4 is 29.3 Å². The predicted octanol–water partition coefficient (Wildman–Crippen LogP) is 7.53. The van der Waals surface area contributed by atoms with Crippen LogP contribution in [0.25, 0.3) is 0 Å². The van der Waals surface area contributed by atoms with Gasteiger partial charge >= 0.3 is 5.97 Å². The van der Waals surface area contributed by atoms with E-state index in [1.54, 1.807) is 30.3 Å². The van der Waals surface area contributed by atoms with Gasteiger partial charge in [-0.25, -0.2) is 9.97 Å². The van der Waals surface area contributed by atoms with Gasteiger partial charge in [0.15, 0.2) is 0 Å². The summed E-state index contributed by atoms with van der Waals surface area (Å²) in [5, 5.41) is 12.5. The molecule has 2 N–H and O–H groups in total. The van der Waals surface area contributed by atoms with E-state index in [0.29, 0.717) is 59.9 Å². The van der Waals surface area contributed by atoms with Gasteiger partial charge < -0.3 is 24.8 Å². The highest BCUT2D eigenvalue weighted by atomic mass is 16.5. The zero-order valence-electron chi connectivity index (χ0n) is 32.7. The predicted molar refractivity (Wildman–Crippen MR) is 207 cm³/mol. The molecular formula is C42H57N5O6. The molecule has 1 aliphatic heterocycles. The quantitative estimate of drug-likeness (QED) is 0.173. The van der Waals surface area contributed by atoms with Gasteiger partial charge in [0.1, 0.15) is 11.6 Å². The molecule has 5 rings (SSSR count).